The van der Waals surface area contributed by atoms with Crippen LogP contribution in [0.4, 0.5) is 4.79 Å². The molecular formula is C27H23N3O5. The Morgan fingerprint density at radius 1 is 1.03 bits per heavy atom. The summed E-state index contributed by atoms with van der Waals surface area (Å²) in [7, 11) is 1.30. The molecule has 0 spiro atoms. The maximum absolute atomic E-state index is 13.0. The summed E-state index contributed by atoms with van der Waals surface area (Å²) in [5, 5.41) is 3.61. The maximum Gasteiger partial charge on any atom is 0.373 e. The van der Waals surface area contributed by atoms with Crippen LogP contribution in [0.5, 0.6) is 0 Å². The van der Waals surface area contributed by atoms with Crippen molar-refractivity contribution in [3.63, 3.8) is 0 Å². The number of rotatable bonds is 6. The number of esters is 1. The number of para-hydroxylation sites is 1. The minimum atomic E-state index is -0.537. The molecule has 0 saturated carbocycles. The highest BCUT2D eigenvalue weighted by Crippen LogP contribution is 2.26. The molecule has 0 aliphatic carbocycles. The van der Waals surface area contributed by atoms with E-state index in [4.69, 9.17) is 9.15 Å². The summed E-state index contributed by atoms with van der Waals surface area (Å²) in [6.45, 7) is 2.56. The largest absolute Gasteiger partial charge is 0.463 e. The van der Waals surface area contributed by atoms with E-state index in [-0.39, 0.29) is 23.9 Å². The lowest BCUT2D eigenvalue weighted by atomic mass is 10.1. The number of nitrogens with one attached hydrogen (secondary N) is 1. The van der Waals surface area contributed by atoms with Crippen molar-refractivity contribution in [2.24, 2.45) is 0 Å². The lowest BCUT2D eigenvalue weighted by Crippen LogP contribution is -2.30. The molecule has 1 fully saturated rings. The Morgan fingerprint density at radius 3 is 2.57 bits per heavy atom. The average molecular weight is 469 g/mol. The van der Waals surface area contributed by atoms with Crippen LogP contribution in [0.2, 0.25) is 0 Å². The van der Waals surface area contributed by atoms with Gasteiger partial charge in [0.25, 0.3) is 5.91 Å². The fourth-order valence-electron chi connectivity index (χ4n) is 4.11. The molecule has 3 heterocycles. The minimum Gasteiger partial charge on any atom is -0.463 e. The van der Waals surface area contributed by atoms with Gasteiger partial charge in [-0.1, -0.05) is 48.0 Å². The monoisotopic (exact) mass is 469 g/mol. The molecular weight excluding hydrogens is 446 g/mol. The van der Waals surface area contributed by atoms with Crippen LogP contribution in [0.1, 0.15) is 33.0 Å². The number of benzene rings is 2. The molecule has 0 bridgehead atoms. The molecule has 1 aliphatic rings. The van der Waals surface area contributed by atoms with E-state index in [0.717, 1.165) is 27.6 Å². The zero-order chi connectivity index (χ0) is 24.5. The number of urea groups is 1. The van der Waals surface area contributed by atoms with Gasteiger partial charge in [-0.15, -0.1) is 0 Å². The van der Waals surface area contributed by atoms with Gasteiger partial charge in [0, 0.05) is 22.7 Å². The molecule has 1 aliphatic heterocycles. The Bertz CT molecular complexity index is 1480. The summed E-state index contributed by atoms with van der Waals surface area (Å²) >= 11 is 0. The first kappa shape index (κ1) is 22.2. The number of carbonyl (C=O) groups is 3. The van der Waals surface area contributed by atoms with Crippen molar-refractivity contribution in [1.29, 1.82) is 0 Å². The average Bonchev–Trinajstić information content (AvgIpc) is 3.54. The zero-order valence-electron chi connectivity index (χ0n) is 19.3. The van der Waals surface area contributed by atoms with Crippen LogP contribution in [0, 0.1) is 6.92 Å². The first-order valence-electron chi connectivity index (χ1n) is 11.1. The Hall–Kier alpha value is -4.59. The second-order valence-electron chi connectivity index (χ2n) is 8.35. The van der Waals surface area contributed by atoms with Crippen LogP contribution >= 0.6 is 0 Å². The molecule has 2 aromatic carbocycles. The Morgan fingerprint density at radius 2 is 1.80 bits per heavy atom. The summed E-state index contributed by atoms with van der Waals surface area (Å²) in [6, 6.07) is 18.3. The summed E-state index contributed by atoms with van der Waals surface area (Å²) < 4.78 is 12.3. The second-order valence-corrected chi connectivity index (χ2v) is 8.35. The van der Waals surface area contributed by atoms with Gasteiger partial charge in [-0.3, -0.25) is 9.69 Å². The van der Waals surface area contributed by atoms with Gasteiger partial charge in [0.05, 0.1) is 20.2 Å². The van der Waals surface area contributed by atoms with Crippen molar-refractivity contribution in [2.75, 3.05) is 7.11 Å². The number of furan rings is 1. The van der Waals surface area contributed by atoms with Crippen molar-refractivity contribution in [1.82, 2.24) is 14.8 Å². The van der Waals surface area contributed by atoms with Crippen molar-refractivity contribution < 1.29 is 23.5 Å². The molecule has 0 radical (unpaired) electrons. The molecule has 35 heavy (non-hydrogen) atoms. The van der Waals surface area contributed by atoms with Gasteiger partial charge >= 0.3 is 12.0 Å². The number of carbonyl (C=O) groups excluding carboxylic acids is 3. The van der Waals surface area contributed by atoms with Crippen LogP contribution in [-0.2, 0) is 22.6 Å². The number of aryl methyl sites for hydroxylation is 1. The molecule has 8 heteroatoms. The zero-order valence-corrected chi connectivity index (χ0v) is 19.3. The molecule has 1 N–H and O–H groups in total. The van der Waals surface area contributed by atoms with E-state index in [9.17, 15) is 14.4 Å². The molecule has 0 unspecified atom stereocenters. The van der Waals surface area contributed by atoms with E-state index >= 15 is 0 Å². The van der Waals surface area contributed by atoms with Crippen LogP contribution in [0.3, 0.4) is 0 Å². The third-order valence-electron chi connectivity index (χ3n) is 5.92. The summed E-state index contributed by atoms with van der Waals surface area (Å²) in [5.74, 6) is -0.194. The predicted molar refractivity (Wildman–Crippen MR) is 129 cm³/mol. The van der Waals surface area contributed by atoms with Gasteiger partial charge in [0.15, 0.2) is 0 Å². The van der Waals surface area contributed by atoms with Crippen molar-refractivity contribution in [2.45, 2.75) is 20.0 Å². The number of hydrogen-bond acceptors (Lipinski definition) is 5. The molecule has 1 saturated heterocycles. The molecule has 3 amide bonds. The standard InChI is InChI=1S/C27H23N3O5/c1-17-7-9-18(10-8-17)14-30-25(31)22(28-27(30)33)13-19-15-29(23-6-4-3-5-21(19)23)16-20-11-12-24(35-20)26(32)34-2/h3-13,15H,14,16H2,1-2H3,(H,28,33)/b22-13-. The summed E-state index contributed by atoms with van der Waals surface area (Å²) in [4.78, 5) is 38.5. The minimum absolute atomic E-state index is 0.134. The number of fused-ring (bicyclic) bond motifs is 1. The van der Waals surface area contributed by atoms with Crippen molar-refractivity contribution >= 4 is 34.9 Å². The number of methoxy groups -OCH3 is 1. The van der Waals surface area contributed by atoms with E-state index in [0.29, 0.717) is 12.3 Å². The number of imide groups is 1. The fraction of sp³-hybridized carbons (Fsp3) is 0.148. The first-order chi connectivity index (χ1) is 16.9. The highest BCUT2D eigenvalue weighted by molar-refractivity contribution is 6.14. The quantitative estimate of drug-likeness (QED) is 0.255. The van der Waals surface area contributed by atoms with Crippen molar-refractivity contribution in [3.8, 4) is 0 Å². The van der Waals surface area contributed by atoms with E-state index in [1.165, 1.54) is 12.0 Å². The van der Waals surface area contributed by atoms with Crippen LogP contribution < -0.4 is 5.32 Å². The summed E-state index contributed by atoms with van der Waals surface area (Å²) in [5.41, 5.74) is 3.90. The molecule has 0 atom stereocenters. The van der Waals surface area contributed by atoms with Crippen LogP contribution in [-0.4, -0.2) is 34.5 Å². The Kier molecular flexibility index (Phi) is 5.70. The van der Waals surface area contributed by atoms with Gasteiger partial charge in [0.2, 0.25) is 5.76 Å². The predicted octanol–water partition coefficient (Wildman–Crippen LogP) is 4.47. The number of amides is 3. The Labute approximate surface area is 201 Å². The van der Waals surface area contributed by atoms with E-state index in [1.54, 1.807) is 18.2 Å². The number of nitrogens with zero attached hydrogens (tertiary/aromatic N) is 2. The molecule has 8 nitrogen and oxygen atoms in total. The number of aromatic nitrogens is 1. The topological polar surface area (TPSA) is 93.8 Å². The van der Waals surface area contributed by atoms with E-state index < -0.39 is 12.0 Å². The molecule has 5 rings (SSSR count). The normalized spacial score (nSPS) is 14.7. The smallest absolute Gasteiger partial charge is 0.373 e. The van der Waals surface area contributed by atoms with Gasteiger partial charge in [-0.25, -0.2) is 9.59 Å². The SMILES string of the molecule is COC(=O)c1ccc(Cn2cc(/C=C3\NC(=O)N(Cc4ccc(C)cc4)C3=O)c3ccccc32)o1. The second kappa shape index (κ2) is 8.98. The summed E-state index contributed by atoms with van der Waals surface area (Å²) in [6.07, 6.45) is 3.58. The maximum atomic E-state index is 13.0. The molecule has 4 aromatic rings. The van der Waals surface area contributed by atoms with Gasteiger partial charge < -0.3 is 19.0 Å². The highest BCUT2D eigenvalue weighted by Gasteiger charge is 2.33. The first-order valence-corrected chi connectivity index (χ1v) is 11.1. The van der Waals surface area contributed by atoms with Crippen LogP contribution in [0.15, 0.2) is 77.0 Å². The highest BCUT2D eigenvalue weighted by atomic mass is 16.5. The lowest BCUT2D eigenvalue weighted by molar-refractivity contribution is -0.123. The lowest BCUT2D eigenvalue weighted by Gasteiger charge is -2.11. The van der Waals surface area contributed by atoms with Crippen molar-refractivity contribution in [3.05, 3.63) is 101 Å². The fourth-order valence-corrected chi connectivity index (χ4v) is 4.11. The third kappa shape index (κ3) is 4.33. The van der Waals surface area contributed by atoms with Gasteiger partial charge in [0.1, 0.15) is 11.5 Å². The van der Waals surface area contributed by atoms with Crippen LogP contribution in [0.25, 0.3) is 17.0 Å². The van der Waals surface area contributed by atoms with Gasteiger partial charge in [-0.2, -0.15) is 0 Å². The third-order valence-corrected chi connectivity index (χ3v) is 5.92. The Balaban J connectivity index is 1.43. The molecule has 2 aromatic heterocycles. The number of ether oxygens (including phenoxy) is 1. The number of hydrogen-bond donors (Lipinski definition) is 1. The van der Waals surface area contributed by atoms with E-state index in [2.05, 4.69) is 5.32 Å². The molecule has 176 valence electrons. The van der Waals surface area contributed by atoms with E-state index in [1.807, 2.05) is 66.2 Å². The van der Waals surface area contributed by atoms with Gasteiger partial charge in [-0.05, 0) is 36.8 Å².